The van der Waals surface area contributed by atoms with E-state index >= 15 is 0 Å². The van der Waals surface area contributed by atoms with Gasteiger partial charge in [0.15, 0.2) is 0 Å². The summed E-state index contributed by atoms with van der Waals surface area (Å²) in [6.07, 6.45) is 0. The highest BCUT2D eigenvalue weighted by Gasteiger charge is 2.19. The van der Waals surface area contributed by atoms with Gasteiger partial charge in [-0.05, 0) is 66.9 Å². The van der Waals surface area contributed by atoms with Crippen LogP contribution < -0.4 is 4.18 Å². The molecule has 0 bridgehead atoms. The lowest BCUT2D eigenvalue weighted by molar-refractivity contribution is 0.0722. The van der Waals surface area contributed by atoms with E-state index in [1.165, 1.54) is 6.07 Å². The Kier molecular flexibility index (Phi) is 7.30. The minimum absolute atomic E-state index is 0.0936. The first-order valence-electron chi connectivity index (χ1n) is 10.3. The zero-order valence-corrected chi connectivity index (χ0v) is 19.1. The molecule has 0 aliphatic rings. The standard InChI is InChI=1S/C25H26FNO4S/c1-18(2)16-27(25(28)21-9-7-19(3)8-10-21)17-20-5-4-6-23(15-20)31-32(29,30)24-13-11-22(26)12-14-24/h4-15,18H,16-17H2,1-3H3. The summed E-state index contributed by atoms with van der Waals surface area (Å²) in [5, 5.41) is 0. The monoisotopic (exact) mass is 455 g/mol. The van der Waals surface area contributed by atoms with Gasteiger partial charge in [-0.1, -0.05) is 43.7 Å². The maximum absolute atomic E-state index is 13.1. The second-order valence-corrected chi connectivity index (χ2v) is 9.63. The Hall–Kier alpha value is -3.19. The van der Waals surface area contributed by atoms with E-state index in [0.29, 0.717) is 18.7 Å². The zero-order valence-electron chi connectivity index (χ0n) is 18.3. The number of rotatable bonds is 8. The van der Waals surface area contributed by atoms with Gasteiger partial charge in [0.05, 0.1) is 0 Å². The molecule has 168 valence electrons. The van der Waals surface area contributed by atoms with Crippen molar-refractivity contribution in [2.24, 2.45) is 5.92 Å². The zero-order chi connectivity index (χ0) is 23.3. The van der Waals surface area contributed by atoms with E-state index in [4.69, 9.17) is 4.18 Å². The molecule has 3 rings (SSSR count). The molecule has 0 atom stereocenters. The highest BCUT2D eigenvalue weighted by molar-refractivity contribution is 7.87. The van der Waals surface area contributed by atoms with Crippen molar-refractivity contribution < 1.29 is 21.8 Å². The Morgan fingerprint density at radius 3 is 2.28 bits per heavy atom. The highest BCUT2D eigenvalue weighted by Crippen LogP contribution is 2.22. The Labute approximate surface area is 188 Å². The molecule has 3 aromatic carbocycles. The smallest absolute Gasteiger partial charge is 0.339 e. The molecule has 0 N–H and O–H groups in total. The Morgan fingerprint density at radius 2 is 1.66 bits per heavy atom. The number of halogens is 1. The fraction of sp³-hybridized carbons (Fsp3) is 0.240. The number of hydrogen-bond acceptors (Lipinski definition) is 4. The molecular formula is C25H26FNO4S. The fourth-order valence-electron chi connectivity index (χ4n) is 3.23. The van der Waals surface area contributed by atoms with E-state index in [2.05, 4.69) is 0 Å². The van der Waals surface area contributed by atoms with Gasteiger partial charge >= 0.3 is 10.1 Å². The molecule has 7 heteroatoms. The second kappa shape index (κ2) is 9.96. The predicted molar refractivity (Wildman–Crippen MR) is 121 cm³/mol. The summed E-state index contributed by atoms with van der Waals surface area (Å²) >= 11 is 0. The molecule has 0 radical (unpaired) electrons. The summed E-state index contributed by atoms with van der Waals surface area (Å²) in [5.74, 6) is -0.250. The first-order chi connectivity index (χ1) is 15.1. The highest BCUT2D eigenvalue weighted by atomic mass is 32.2. The van der Waals surface area contributed by atoms with Crippen LogP contribution in [0, 0.1) is 18.7 Å². The summed E-state index contributed by atoms with van der Waals surface area (Å²) < 4.78 is 43.3. The van der Waals surface area contributed by atoms with Crippen molar-refractivity contribution in [3.05, 3.63) is 95.3 Å². The van der Waals surface area contributed by atoms with Crippen LogP contribution in [-0.2, 0) is 16.7 Å². The average Bonchev–Trinajstić information content (AvgIpc) is 2.73. The third kappa shape index (κ3) is 6.17. The van der Waals surface area contributed by atoms with Gasteiger partial charge in [-0.25, -0.2) is 4.39 Å². The minimum atomic E-state index is -4.10. The molecule has 0 saturated heterocycles. The molecule has 0 saturated carbocycles. The molecule has 0 aromatic heterocycles. The fourth-order valence-corrected chi connectivity index (χ4v) is 4.15. The molecule has 1 amide bonds. The van der Waals surface area contributed by atoms with Crippen LogP contribution in [0.5, 0.6) is 5.75 Å². The number of aryl methyl sites for hydroxylation is 1. The van der Waals surface area contributed by atoms with Crippen molar-refractivity contribution in [1.82, 2.24) is 4.90 Å². The van der Waals surface area contributed by atoms with Gasteiger partial charge in [-0.3, -0.25) is 4.79 Å². The van der Waals surface area contributed by atoms with Crippen LogP contribution >= 0.6 is 0 Å². The van der Waals surface area contributed by atoms with E-state index in [-0.39, 0.29) is 22.5 Å². The minimum Gasteiger partial charge on any atom is -0.379 e. The first-order valence-corrected chi connectivity index (χ1v) is 11.7. The second-order valence-electron chi connectivity index (χ2n) is 8.08. The first kappa shape index (κ1) is 23.5. The Balaban J connectivity index is 1.80. The van der Waals surface area contributed by atoms with Crippen LogP contribution in [0.25, 0.3) is 0 Å². The summed E-state index contributed by atoms with van der Waals surface area (Å²) in [5.41, 5.74) is 2.41. The summed E-state index contributed by atoms with van der Waals surface area (Å²) in [7, 11) is -4.10. The maximum Gasteiger partial charge on any atom is 0.339 e. The van der Waals surface area contributed by atoms with Crippen LogP contribution in [0.15, 0.2) is 77.7 Å². The molecule has 0 fully saturated rings. The van der Waals surface area contributed by atoms with Crippen molar-refractivity contribution in [3.63, 3.8) is 0 Å². The molecule has 5 nitrogen and oxygen atoms in total. The van der Waals surface area contributed by atoms with Gasteiger partial charge in [0.1, 0.15) is 16.5 Å². The van der Waals surface area contributed by atoms with Crippen molar-refractivity contribution in [2.45, 2.75) is 32.2 Å². The summed E-state index contributed by atoms with van der Waals surface area (Å²) in [4.78, 5) is 14.7. The number of carbonyl (C=O) groups excluding carboxylic acids is 1. The van der Waals surface area contributed by atoms with Gasteiger partial charge in [-0.15, -0.1) is 0 Å². The van der Waals surface area contributed by atoms with Crippen molar-refractivity contribution in [2.75, 3.05) is 6.54 Å². The van der Waals surface area contributed by atoms with Crippen LogP contribution in [0.2, 0.25) is 0 Å². The maximum atomic E-state index is 13.1. The Bertz CT molecular complexity index is 1170. The van der Waals surface area contributed by atoms with Crippen molar-refractivity contribution >= 4 is 16.0 Å². The molecule has 0 aliphatic carbocycles. The quantitative estimate of drug-likeness (QED) is 0.438. The van der Waals surface area contributed by atoms with Crippen LogP contribution in [0.3, 0.4) is 0 Å². The molecule has 3 aromatic rings. The average molecular weight is 456 g/mol. The topological polar surface area (TPSA) is 63.7 Å². The number of nitrogens with zero attached hydrogens (tertiary/aromatic N) is 1. The van der Waals surface area contributed by atoms with E-state index < -0.39 is 15.9 Å². The van der Waals surface area contributed by atoms with Gasteiger partial charge in [-0.2, -0.15) is 8.42 Å². The number of benzene rings is 3. The summed E-state index contributed by atoms with van der Waals surface area (Å²) in [6, 6.07) is 18.4. The van der Waals surface area contributed by atoms with E-state index in [1.54, 1.807) is 29.2 Å². The third-order valence-electron chi connectivity index (χ3n) is 4.75. The lowest BCUT2D eigenvalue weighted by Crippen LogP contribution is -2.33. The van der Waals surface area contributed by atoms with Gasteiger partial charge < -0.3 is 9.08 Å². The van der Waals surface area contributed by atoms with E-state index in [0.717, 1.165) is 35.4 Å². The van der Waals surface area contributed by atoms with E-state index in [9.17, 15) is 17.6 Å². The molecule has 0 unspecified atom stereocenters. The number of carbonyl (C=O) groups is 1. The van der Waals surface area contributed by atoms with Gasteiger partial charge in [0, 0.05) is 18.7 Å². The van der Waals surface area contributed by atoms with Crippen LogP contribution in [0.4, 0.5) is 4.39 Å². The van der Waals surface area contributed by atoms with Gasteiger partial charge in [0.2, 0.25) is 0 Å². The molecule has 0 aliphatic heterocycles. The number of hydrogen-bond donors (Lipinski definition) is 0. The lowest BCUT2D eigenvalue weighted by Gasteiger charge is -2.25. The predicted octanol–water partition coefficient (Wildman–Crippen LogP) is 5.20. The molecular weight excluding hydrogens is 429 g/mol. The van der Waals surface area contributed by atoms with E-state index in [1.807, 2.05) is 39.0 Å². The number of amides is 1. The van der Waals surface area contributed by atoms with Crippen LogP contribution in [-0.4, -0.2) is 25.8 Å². The SMILES string of the molecule is Cc1ccc(C(=O)N(Cc2cccc(OS(=O)(=O)c3ccc(F)cc3)c2)CC(C)C)cc1. The van der Waals surface area contributed by atoms with Crippen molar-refractivity contribution in [3.8, 4) is 5.75 Å². The molecule has 0 spiro atoms. The van der Waals surface area contributed by atoms with Gasteiger partial charge in [0.25, 0.3) is 5.91 Å². The van der Waals surface area contributed by atoms with Crippen LogP contribution in [0.1, 0.15) is 35.3 Å². The summed E-state index contributed by atoms with van der Waals surface area (Å²) in [6.45, 7) is 6.88. The van der Waals surface area contributed by atoms with Crippen molar-refractivity contribution in [1.29, 1.82) is 0 Å². The lowest BCUT2D eigenvalue weighted by atomic mass is 10.1. The molecule has 0 heterocycles. The third-order valence-corrected chi connectivity index (χ3v) is 6.01. The normalized spacial score (nSPS) is 11.4. The molecule has 32 heavy (non-hydrogen) atoms. The Morgan fingerprint density at radius 1 is 1.00 bits per heavy atom. The largest absolute Gasteiger partial charge is 0.379 e.